The van der Waals surface area contributed by atoms with Crippen LogP contribution in [0, 0.1) is 0 Å². The number of hydrogen-bond acceptors (Lipinski definition) is 3. The van der Waals surface area contributed by atoms with Gasteiger partial charge in [0.25, 0.3) is 0 Å². The number of rotatable bonds is 6. The predicted molar refractivity (Wildman–Crippen MR) is 79.5 cm³/mol. The van der Waals surface area contributed by atoms with E-state index in [9.17, 15) is 0 Å². The fourth-order valence-corrected chi connectivity index (χ4v) is 2.80. The zero-order chi connectivity index (χ0) is 13.7. The molecule has 0 saturated carbocycles. The molecule has 0 bridgehead atoms. The number of hydrogen-bond donors (Lipinski definition) is 1. The van der Waals surface area contributed by atoms with Crippen LogP contribution in [0.2, 0.25) is 0 Å². The third kappa shape index (κ3) is 3.78. The average molecular weight is 262 g/mol. The Morgan fingerprint density at radius 1 is 1.37 bits per heavy atom. The molecule has 0 amide bonds. The van der Waals surface area contributed by atoms with E-state index in [-0.39, 0.29) is 0 Å². The fraction of sp³-hybridized carbons (Fsp3) is 0.625. The second-order valence-corrected chi connectivity index (χ2v) is 5.61. The van der Waals surface area contributed by atoms with E-state index in [0.29, 0.717) is 12.0 Å². The molecular formula is C16H26N2O. The topological polar surface area (TPSA) is 24.5 Å². The number of fused-ring (bicyclic) bond motifs is 1. The maximum absolute atomic E-state index is 5.22. The first-order chi connectivity index (χ1) is 9.22. The molecular weight excluding hydrogens is 236 g/mol. The van der Waals surface area contributed by atoms with Crippen molar-refractivity contribution in [1.82, 2.24) is 10.2 Å². The lowest BCUT2D eigenvalue weighted by Gasteiger charge is -2.34. The van der Waals surface area contributed by atoms with Crippen molar-refractivity contribution in [3.63, 3.8) is 0 Å². The van der Waals surface area contributed by atoms with Gasteiger partial charge in [-0.15, -0.1) is 0 Å². The smallest absolute Gasteiger partial charge is 0.0589 e. The van der Waals surface area contributed by atoms with E-state index in [4.69, 9.17) is 4.74 Å². The van der Waals surface area contributed by atoms with Gasteiger partial charge in [-0.2, -0.15) is 0 Å². The Labute approximate surface area is 116 Å². The summed E-state index contributed by atoms with van der Waals surface area (Å²) in [4.78, 5) is 2.51. The maximum Gasteiger partial charge on any atom is 0.0589 e. The van der Waals surface area contributed by atoms with Gasteiger partial charge in [-0.25, -0.2) is 0 Å². The number of ether oxygens (including phenoxy) is 1. The lowest BCUT2D eigenvalue weighted by molar-refractivity contribution is 0.123. The van der Waals surface area contributed by atoms with Crippen LogP contribution in [0.15, 0.2) is 24.3 Å². The van der Waals surface area contributed by atoms with Gasteiger partial charge in [-0.05, 0) is 25.0 Å². The third-order valence-electron chi connectivity index (χ3n) is 3.97. The summed E-state index contributed by atoms with van der Waals surface area (Å²) in [5.74, 6) is 0.587. The first-order valence-electron chi connectivity index (χ1n) is 7.24. The molecule has 1 aromatic carbocycles. The highest BCUT2D eigenvalue weighted by atomic mass is 16.5. The standard InChI is InChI=1S/C16H26N2O/c1-13(2)18(8-9-19-3)12-15-11-17-10-14-6-4-5-7-16(14)15/h4-7,13,15,17H,8-12H2,1-3H3. The highest BCUT2D eigenvalue weighted by Crippen LogP contribution is 2.25. The van der Waals surface area contributed by atoms with Gasteiger partial charge in [0.1, 0.15) is 0 Å². The van der Waals surface area contributed by atoms with Crippen molar-refractivity contribution in [1.29, 1.82) is 0 Å². The molecule has 2 rings (SSSR count). The van der Waals surface area contributed by atoms with Crippen LogP contribution in [0.5, 0.6) is 0 Å². The van der Waals surface area contributed by atoms with E-state index >= 15 is 0 Å². The molecule has 3 nitrogen and oxygen atoms in total. The Bertz CT molecular complexity index is 392. The number of methoxy groups -OCH3 is 1. The molecule has 1 aliphatic heterocycles. The maximum atomic E-state index is 5.22. The van der Waals surface area contributed by atoms with Crippen molar-refractivity contribution in [3.8, 4) is 0 Å². The molecule has 19 heavy (non-hydrogen) atoms. The van der Waals surface area contributed by atoms with E-state index in [1.165, 1.54) is 11.1 Å². The van der Waals surface area contributed by atoms with Crippen LogP contribution in [0.25, 0.3) is 0 Å². The molecule has 1 heterocycles. The van der Waals surface area contributed by atoms with Crippen LogP contribution in [-0.4, -0.2) is 44.3 Å². The van der Waals surface area contributed by atoms with Crippen molar-refractivity contribution in [2.75, 3.05) is 33.4 Å². The minimum atomic E-state index is 0.559. The Morgan fingerprint density at radius 2 is 2.16 bits per heavy atom. The van der Waals surface area contributed by atoms with E-state index in [1.54, 1.807) is 7.11 Å². The highest BCUT2D eigenvalue weighted by Gasteiger charge is 2.22. The van der Waals surface area contributed by atoms with Crippen LogP contribution in [0.4, 0.5) is 0 Å². The van der Waals surface area contributed by atoms with Crippen molar-refractivity contribution in [2.45, 2.75) is 32.4 Å². The van der Waals surface area contributed by atoms with Gasteiger partial charge in [-0.3, -0.25) is 4.90 Å². The highest BCUT2D eigenvalue weighted by molar-refractivity contribution is 5.32. The molecule has 1 aliphatic rings. The Balaban J connectivity index is 2.05. The summed E-state index contributed by atoms with van der Waals surface area (Å²) in [5, 5.41) is 3.53. The molecule has 0 aromatic heterocycles. The van der Waals surface area contributed by atoms with Crippen molar-refractivity contribution in [3.05, 3.63) is 35.4 Å². The zero-order valence-corrected chi connectivity index (χ0v) is 12.4. The third-order valence-corrected chi connectivity index (χ3v) is 3.97. The van der Waals surface area contributed by atoms with Crippen molar-refractivity contribution < 1.29 is 4.74 Å². The minimum Gasteiger partial charge on any atom is -0.383 e. The monoisotopic (exact) mass is 262 g/mol. The molecule has 1 atom stereocenters. The zero-order valence-electron chi connectivity index (χ0n) is 12.4. The van der Waals surface area contributed by atoms with Crippen LogP contribution in [0.1, 0.15) is 30.9 Å². The Morgan fingerprint density at radius 3 is 2.89 bits per heavy atom. The summed E-state index contributed by atoms with van der Waals surface area (Å²) in [5.41, 5.74) is 2.97. The second kappa shape index (κ2) is 7.04. The molecule has 0 saturated heterocycles. The van der Waals surface area contributed by atoms with Crippen LogP contribution < -0.4 is 5.32 Å². The average Bonchev–Trinajstić information content (AvgIpc) is 2.43. The number of nitrogens with one attached hydrogen (secondary N) is 1. The fourth-order valence-electron chi connectivity index (χ4n) is 2.80. The normalized spacial score (nSPS) is 18.9. The van der Waals surface area contributed by atoms with Gasteiger partial charge < -0.3 is 10.1 Å². The molecule has 0 spiro atoms. The van der Waals surface area contributed by atoms with Gasteiger partial charge in [0, 0.05) is 45.2 Å². The van der Waals surface area contributed by atoms with E-state index in [2.05, 4.69) is 48.3 Å². The summed E-state index contributed by atoms with van der Waals surface area (Å²) < 4.78 is 5.22. The second-order valence-electron chi connectivity index (χ2n) is 5.61. The molecule has 0 radical (unpaired) electrons. The van der Waals surface area contributed by atoms with Crippen LogP contribution >= 0.6 is 0 Å². The minimum absolute atomic E-state index is 0.559. The predicted octanol–water partition coefficient (Wildman–Crippen LogP) is 2.23. The summed E-state index contributed by atoms with van der Waals surface area (Å²) in [7, 11) is 1.77. The van der Waals surface area contributed by atoms with Gasteiger partial charge in [0.2, 0.25) is 0 Å². The van der Waals surface area contributed by atoms with Crippen molar-refractivity contribution in [2.24, 2.45) is 0 Å². The first kappa shape index (κ1) is 14.5. The van der Waals surface area contributed by atoms with E-state index < -0.39 is 0 Å². The lowest BCUT2D eigenvalue weighted by atomic mass is 9.90. The molecule has 1 unspecified atom stereocenters. The van der Waals surface area contributed by atoms with Crippen LogP contribution in [0.3, 0.4) is 0 Å². The molecule has 1 aromatic rings. The van der Waals surface area contributed by atoms with Gasteiger partial charge in [-0.1, -0.05) is 24.3 Å². The summed E-state index contributed by atoms with van der Waals surface area (Å²) in [6.07, 6.45) is 0. The molecule has 0 fully saturated rings. The molecule has 3 heteroatoms. The van der Waals surface area contributed by atoms with Gasteiger partial charge in [0.15, 0.2) is 0 Å². The molecule has 1 N–H and O–H groups in total. The summed E-state index contributed by atoms with van der Waals surface area (Å²) >= 11 is 0. The van der Waals surface area contributed by atoms with Crippen molar-refractivity contribution >= 4 is 0 Å². The Hall–Kier alpha value is -0.900. The van der Waals surface area contributed by atoms with E-state index in [0.717, 1.165) is 32.8 Å². The van der Waals surface area contributed by atoms with Gasteiger partial charge >= 0.3 is 0 Å². The number of benzene rings is 1. The Kier molecular flexibility index (Phi) is 5.37. The van der Waals surface area contributed by atoms with E-state index in [1.807, 2.05) is 0 Å². The summed E-state index contributed by atoms with van der Waals surface area (Å²) in [6.45, 7) is 9.52. The molecule has 106 valence electrons. The largest absolute Gasteiger partial charge is 0.383 e. The lowest BCUT2D eigenvalue weighted by Crippen LogP contribution is -2.41. The number of nitrogens with zero attached hydrogens (tertiary/aromatic N) is 1. The quantitative estimate of drug-likeness (QED) is 0.851. The SMILES string of the molecule is COCCN(CC1CNCc2ccccc21)C(C)C. The van der Waals surface area contributed by atoms with Crippen LogP contribution in [-0.2, 0) is 11.3 Å². The first-order valence-corrected chi connectivity index (χ1v) is 7.24. The molecule has 0 aliphatic carbocycles. The van der Waals surface area contributed by atoms with Gasteiger partial charge in [0.05, 0.1) is 6.61 Å². The summed E-state index contributed by atoms with van der Waals surface area (Å²) in [6, 6.07) is 9.38.